The van der Waals surface area contributed by atoms with Gasteiger partial charge >= 0.3 is 5.97 Å². The third-order valence-corrected chi connectivity index (χ3v) is 1.53. The van der Waals surface area contributed by atoms with Crippen molar-refractivity contribution in [2.75, 3.05) is 0 Å². The summed E-state index contributed by atoms with van der Waals surface area (Å²) in [6.07, 6.45) is 1.35. The lowest BCUT2D eigenvalue weighted by molar-refractivity contribution is 0.0750. The molecule has 0 amide bonds. The minimum absolute atomic E-state index is 0.193. The molecule has 0 saturated heterocycles. The molecule has 4 nitrogen and oxygen atoms in total. The van der Waals surface area contributed by atoms with Crippen LogP contribution in [-0.2, 0) is 11.3 Å². The third-order valence-electron chi connectivity index (χ3n) is 1.39. The second-order valence-electron chi connectivity index (χ2n) is 2.23. The van der Waals surface area contributed by atoms with Gasteiger partial charge in [0, 0.05) is 19.3 Å². The quantitative estimate of drug-likeness (QED) is 0.650. The van der Waals surface area contributed by atoms with Gasteiger partial charge in [0.1, 0.15) is 11.9 Å². The van der Waals surface area contributed by atoms with Crippen molar-refractivity contribution in [2.45, 2.75) is 0 Å². The van der Waals surface area contributed by atoms with E-state index in [0.717, 1.165) is 0 Å². The SMILES string of the molecule is Cn1cc(C(=O)OCl)ccc1=O. The molecule has 1 aromatic heterocycles. The number of pyridine rings is 1. The smallest absolute Gasteiger partial charge is 0.343 e. The van der Waals surface area contributed by atoms with E-state index in [4.69, 9.17) is 11.9 Å². The molecule has 12 heavy (non-hydrogen) atoms. The van der Waals surface area contributed by atoms with Crippen molar-refractivity contribution in [2.24, 2.45) is 7.05 Å². The van der Waals surface area contributed by atoms with Gasteiger partial charge in [0.05, 0.1) is 5.56 Å². The first-order valence-corrected chi connectivity index (χ1v) is 3.45. The predicted octanol–water partition coefficient (Wildman–Crippen LogP) is 0.696. The first-order valence-electron chi connectivity index (χ1n) is 3.15. The van der Waals surface area contributed by atoms with Crippen molar-refractivity contribution in [3.8, 4) is 0 Å². The monoisotopic (exact) mass is 187 g/mol. The number of carbonyl (C=O) groups excluding carboxylic acids is 1. The second kappa shape index (κ2) is 3.40. The molecule has 1 heterocycles. The molecule has 0 radical (unpaired) electrons. The Morgan fingerprint density at radius 2 is 2.25 bits per heavy atom. The highest BCUT2D eigenvalue weighted by atomic mass is 35.5. The van der Waals surface area contributed by atoms with E-state index in [1.54, 1.807) is 0 Å². The summed E-state index contributed by atoms with van der Waals surface area (Å²) in [6.45, 7) is 0. The molecule has 0 bridgehead atoms. The van der Waals surface area contributed by atoms with Crippen LogP contribution < -0.4 is 5.56 Å². The number of hydrogen-bond donors (Lipinski definition) is 0. The lowest BCUT2D eigenvalue weighted by atomic mass is 10.3. The maximum atomic E-state index is 10.9. The van der Waals surface area contributed by atoms with Gasteiger partial charge in [-0.25, -0.2) is 4.79 Å². The van der Waals surface area contributed by atoms with Crippen molar-refractivity contribution in [3.05, 3.63) is 34.2 Å². The molecular formula is C7H6ClNO3. The van der Waals surface area contributed by atoms with Crippen molar-refractivity contribution in [1.29, 1.82) is 0 Å². The van der Waals surface area contributed by atoms with E-state index in [2.05, 4.69) is 4.29 Å². The highest BCUT2D eigenvalue weighted by Crippen LogP contribution is 1.99. The summed E-state index contributed by atoms with van der Waals surface area (Å²) in [6, 6.07) is 2.62. The average molecular weight is 188 g/mol. The molecule has 0 spiro atoms. The summed E-state index contributed by atoms with van der Waals surface area (Å²) in [5.74, 6) is -0.674. The van der Waals surface area contributed by atoms with Gasteiger partial charge in [0.25, 0.3) is 0 Å². The molecule has 0 saturated carbocycles. The fraction of sp³-hybridized carbons (Fsp3) is 0.143. The molecule has 0 atom stereocenters. The molecule has 64 valence electrons. The van der Waals surface area contributed by atoms with E-state index in [0.29, 0.717) is 0 Å². The van der Waals surface area contributed by atoms with Crippen molar-refractivity contribution in [3.63, 3.8) is 0 Å². The zero-order valence-electron chi connectivity index (χ0n) is 6.28. The summed E-state index contributed by atoms with van der Waals surface area (Å²) in [5.41, 5.74) is 0.0493. The van der Waals surface area contributed by atoms with Gasteiger partial charge in [-0.2, -0.15) is 0 Å². The van der Waals surface area contributed by atoms with Crippen LogP contribution in [-0.4, -0.2) is 10.5 Å². The van der Waals surface area contributed by atoms with Gasteiger partial charge in [0.15, 0.2) is 0 Å². The predicted molar refractivity (Wildman–Crippen MR) is 43.0 cm³/mol. The summed E-state index contributed by atoms with van der Waals surface area (Å²) in [5, 5.41) is 0. The van der Waals surface area contributed by atoms with Crippen LogP contribution in [0.15, 0.2) is 23.1 Å². The van der Waals surface area contributed by atoms with Crippen LogP contribution in [0.1, 0.15) is 10.4 Å². The second-order valence-corrected chi connectivity index (χ2v) is 2.39. The summed E-state index contributed by atoms with van der Waals surface area (Å²) < 4.78 is 5.22. The molecule has 5 heteroatoms. The molecule has 1 rings (SSSR count). The van der Waals surface area contributed by atoms with Crippen molar-refractivity contribution < 1.29 is 9.08 Å². The number of nitrogens with zero attached hydrogens (tertiary/aromatic N) is 1. The summed E-state index contributed by atoms with van der Waals surface area (Å²) in [4.78, 5) is 21.7. The lowest BCUT2D eigenvalue weighted by Gasteiger charge is -1.98. The standard InChI is InChI=1S/C7H6ClNO3/c1-9-4-5(7(11)12-8)2-3-6(9)10/h2-4H,1H3. The molecule has 0 aliphatic carbocycles. The normalized spacial score (nSPS) is 9.50. The van der Waals surface area contributed by atoms with Gasteiger partial charge in [-0.1, -0.05) is 0 Å². The fourth-order valence-electron chi connectivity index (χ4n) is 0.759. The van der Waals surface area contributed by atoms with E-state index in [1.807, 2.05) is 0 Å². The van der Waals surface area contributed by atoms with Gasteiger partial charge in [0.2, 0.25) is 5.56 Å². The molecule has 0 N–H and O–H groups in total. The molecule has 1 aromatic rings. The van der Waals surface area contributed by atoms with Crippen LogP contribution in [0.5, 0.6) is 0 Å². The maximum absolute atomic E-state index is 10.9. The van der Waals surface area contributed by atoms with Gasteiger partial charge in [-0.05, 0) is 6.07 Å². The highest BCUT2D eigenvalue weighted by Gasteiger charge is 2.06. The molecule has 0 fully saturated rings. The first kappa shape index (κ1) is 8.80. The van der Waals surface area contributed by atoms with E-state index < -0.39 is 5.97 Å². The fourth-order valence-corrected chi connectivity index (χ4v) is 0.848. The van der Waals surface area contributed by atoms with E-state index in [1.165, 1.54) is 29.9 Å². The molecule has 0 aliphatic rings. The van der Waals surface area contributed by atoms with Gasteiger partial charge < -0.3 is 8.86 Å². The highest BCUT2D eigenvalue weighted by molar-refractivity contribution is 6.15. The van der Waals surface area contributed by atoms with Crippen molar-refractivity contribution in [1.82, 2.24) is 4.57 Å². The number of aryl methyl sites for hydroxylation is 1. The summed E-state index contributed by atoms with van der Waals surface area (Å²) in [7, 11) is 1.54. The minimum Gasteiger partial charge on any atom is -0.343 e. The Morgan fingerprint density at radius 1 is 1.58 bits per heavy atom. The van der Waals surface area contributed by atoms with Crippen LogP contribution >= 0.6 is 11.9 Å². The van der Waals surface area contributed by atoms with Crippen molar-refractivity contribution >= 4 is 17.8 Å². The average Bonchev–Trinajstić information content (AvgIpc) is 2.08. The number of carbonyl (C=O) groups is 1. The Balaban J connectivity index is 3.13. The Kier molecular flexibility index (Phi) is 2.50. The minimum atomic E-state index is -0.674. The Morgan fingerprint density at radius 3 is 2.75 bits per heavy atom. The lowest BCUT2D eigenvalue weighted by Crippen LogP contribution is -2.16. The van der Waals surface area contributed by atoms with E-state index in [9.17, 15) is 9.59 Å². The van der Waals surface area contributed by atoms with Crippen LogP contribution in [0.3, 0.4) is 0 Å². The number of rotatable bonds is 1. The van der Waals surface area contributed by atoms with Gasteiger partial charge in [-0.3, -0.25) is 4.79 Å². The van der Waals surface area contributed by atoms with Crippen LogP contribution in [0, 0.1) is 0 Å². The third kappa shape index (κ3) is 1.65. The zero-order chi connectivity index (χ0) is 9.14. The molecule has 0 unspecified atom stereocenters. The molecule has 0 aliphatic heterocycles. The number of hydrogen-bond acceptors (Lipinski definition) is 3. The topological polar surface area (TPSA) is 48.3 Å². The molecule has 0 aromatic carbocycles. The largest absolute Gasteiger partial charge is 0.357 e. The van der Waals surface area contributed by atoms with E-state index in [-0.39, 0.29) is 11.1 Å². The zero-order valence-corrected chi connectivity index (χ0v) is 7.04. The summed E-state index contributed by atoms with van der Waals surface area (Å²) >= 11 is 4.84. The number of aromatic nitrogens is 1. The van der Waals surface area contributed by atoms with E-state index >= 15 is 0 Å². The maximum Gasteiger partial charge on any atom is 0.357 e. The Bertz CT molecular complexity index is 358. The number of halogens is 1. The molecular weight excluding hydrogens is 182 g/mol. The Hall–Kier alpha value is -1.29. The Labute approximate surface area is 73.5 Å². The van der Waals surface area contributed by atoms with Crippen LogP contribution in [0.25, 0.3) is 0 Å². The van der Waals surface area contributed by atoms with Crippen LogP contribution in [0.4, 0.5) is 0 Å². The van der Waals surface area contributed by atoms with Crippen LogP contribution in [0.2, 0.25) is 0 Å². The first-order chi connectivity index (χ1) is 5.65. The van der Waals surface area contributed by atoms with Gasteiger partial charge in [-0.15, -0.1) is 0 Å².